The van der Waals surface area contributed by atoms with Gasteiger partial charge in [0, 0.05) is 5.56 Å². The van der Waals surface area contributed by atoms with E-state index in [1.165, 1.54) is 32.4 Å². The summed E-state index contributed by atoms with van der Waals surface area (Å²) in [6.45, 7) is 3.92. The normalized spacial score (nSPS) is 16.9. The Morgan fingerprint density at radius 1 is 1.20 bits per heavy atom. The first-order valence-corrected chi connectivity index (χ1v) is 7.20. The molecule has 0 aliphatic carbocycles. The highest BCUT2D eigenvalue weighted by Gasteiger charge is 2.16. The molecule has 5 nitrogen and oxygen atoms in total. The maximum absolute atomic E-state index is 12.0. The minimum Gasteiger partial charge on any atom is -0.410 e. The highest BCUT2D eigenvalue weighted by molar-refractivity contribution is 6.45. The molecule has 0 saturated carbocycles. The van der Waals surface area contributed by atoms with Crippen molar-refractivity contribution in [2.24, 2.45) is 5.16 Å². The molecule has 108 valence electrons. The average Bonchev–Trinajstić information content (AvgIpc) is 2.50. The van der Waals surface area contributed by atoms with Crippen LogP contribution in [0.5, 0.6) is 0 Å². The molecule has 0 aromatic heterocycles. The van der Waals surface area contributed by atoms with Gasteiger partial charge >= 0.3 is 0 Å². The van der Waals surface area contributed by atoms with Crippen LogP contribution < -0.4 is 10.2 Å². The topological polar surface area (TPSA) is 66.1 Å². The van der Waals surface area contributed by atoms with E-state index in [-0.39, 0.29) is 11.6 Å². The van der Waals surface area contributed by atoms with Crippen LogP contribution >= 0.6 is 0 Å². The zero-order chi connectivity index (χ0) is 14.2. The van der Waals surface area contributed by atoms with Crippen molar-refractivity contribution in [1.29, 1.82) is 0 Å². The number of hydrogen-bond donors (Lipinski definition) is 3. The predicted octanol–water partition coefficient (Wildman–Crippen LogP) is 0.0499. The van der Waals surface area contributed by atoms with Crippen LogP contribution in [0.2, 0.25) is 0 Å². The highest BCUT2D eigenvalue weighted by atomic mass is 16.4. The molecule has 1 saturated heterocycles. The minimum atomic E-state index is -0.324. The van der Waals surface area contributed by atoms with E-state index in [9.17, 15) is 4.79 Å². The predicted molar refractivity (Wildman–Crippen MR) is 77.2 cm³/mol. The maximum Gasteiger partial charge on any atom is 0.274 e. The van der Waals surface area contributed by atoms with Gasteiger partial charge in [-0.05, 0) is 19.3 Å². The minimum absolute atomic E-state index is 0.0687. The first-order chi connectivity index (χ1) is 9.81. The monoisotopic (exact) mass is 276 g/mol. The fourth-order valence-corrected chi connectivity index (χ4v) is 2.57. The molecule has 1 aliphatic rings. The quantitative estimate of drug-likeness (QED) is 0.404. The van der Waals surface area contributed by atoms with Gasteiger partial charge in [0.25, 0.3) is 5.91 Å². The van der Waals surface area contributed by atoms with E-state index in [2.05, 4.69) is 10.5 Å². The van der Waals surface area contributed by atoms with Gasteiger partial charge in [0.15, 0.2) is 5.71 Å². The van der Waals surface area contributed by atoms with Gasteiger partial charge in [0.05, 0.1) is 26.2 Å². The van der Waals surface area contributed by atoms with Crippen molar-refractivity contribution in [2.75, 3.05) is 26.2 Å². The van der Waals surface area contributed by atoms with E-state index in [0.29, 0.717) is 12.1 Å². The van der Waals surface area contributed by atoms with E-state index in [1.54, 1.807) is 17.0 Å². The van der Waals surface area contributed by atoms with Crippen LogP contribution in [0, 0.1) is 0 Å². The summed E-state index contributed by atoms with van der Waals surface area (Å²) in [4.78, 5) is 13.5. The van der Waals surface area contributed by atoms with E-state index < -0.39 is 0 Å². The first-order valence-electron chi connectivity index (χ1n) is 7.20. The fourth-order valence-electron chi connectivity index (χ4n) is 2.57. The molecule has 0 spiro atoms. The van der Waals surface area contributed by atoms with Crippen LogP contribution in [0.15, 0.2) is 35.5 Å². The Kier molecular flexibility index (Phi) is 5.55. The number of carbonyl (C=O) groups excluding carboxylic acids is 1. The van der Waals surface area contributed by atoms with Gasteiger partial charge in [-0.15, -0.1) is 0 Å². The molecular weight excluding hydrogens is 254 g/mol. The highest BCUT2D eigenvalue weighted by Crippen LogP contribution is 2.01. The number of nitrogens with one attached hydrogen (secondary N) is 2. The van der Waals surface area contributed by atoms with Gasteiger partial charge in [-0.25, -0.2) is 0 Å². The molecule has 5 heteroatoms. The number of carbonyl (C=O) groups is 1. The first kappa shape index (κ1) is 14.5. The van der Waals surface area contributed by atoms with Gasteiger partial charge < -0.3 is 15.4 Å². The van der Waals surface area contributed by atoms with Crippen molar-refractivity contribution in [3.05, 3.63) is 35.9 Å². The molecule has 0 atom stereocenters. The van der Waals surface area contributed by atoms with Gasteiger partial charge in [-0.3, -0.25) is 4.79 Å². The molecule has 3 N–H and O–H groups in total. The number of amides is 1. The van der Waals surface area contributed by atoms with E-state index in [0.717, 1.165) is 6.54 Å². The average molecular weight is 276 g/mol. The summed E-state index contributed by atoms with van der Waals surface area (Å²) in [7, 11) is 0. The summed E-state index contributed by atoms with van der Waals surface area (Å²) in [6.07, 6.45) is 3.87. The summed E-state index contributed by atoms with van der Waals surface area (Å²) in [5.74, 6) is -0.324. The number of quaternary nitrogens is 1. The van der Waals surface area contributed by atoms with Crippen LogP contribution in [-0.4, -0.2) is 43.0 Å². The molecule has 0 bridgehead atoms. The van der Waals surface area contributed by atoms with Crippen molar-refractivity contribution in [3.63, 3.8) is 0 Å². The zero-order valence-electron chi connectivity index (χ0n) is 11.6. The number of piperidine rings is 1. The van der Waals surface area contributed by atoms with Crippen molar-refractivity contribution in [2.45, 2.75) is 19.3 Å². The Labute approximate surface area is 119 Å². The molecular formula is C15H22N3O2+. The third kappa shape index (κ3) is 4.06. The second kappa shape index (κ2) is 7.65. The fraction of sp³-hybridized carbons (Fsp3) is 0.467. The number of benzene rings is 1. The number of oxime groups is 1. The van der Waals surface area contributed by atoms with Crippen LogP contribution in [-0.2, 0) is 4.79 Å². The Balaban J connectivity index is 1.81. The summed E-state index contributed by atoms with van der Waals surface area (Å²) >= 11 is 0. The van der Waals surface area contributed by atoms with Gasteiger partial charge in [0.2, 0.25) is 0 Å². The van der Waals surface area contributed by atoms with Gasteiger partial charge in [-0.1, -0.05) is 35.5 Å². The molecule has 2 rings (SSSR count). The molecule has 1 fully saturated rings. The molecule has 0 radical (unpaired) electrons. The third-order valence-electron chi connectivity index (χ3n) is 3.69. The Bertz CT molecular complexity index is 453. The van der Waals surface area contributed by atoms with Crippen LogP contribution in [0.4, 0.5) is 0 Å². The zero-order valence-corrected chi connectivity index (χ0v) is 11.6. The smallest absolute Gasteiger partial charge is 0.274 e. The number of rotatable bonds is 5. The molecule has 1 aromatic carbocycles. The number of hydrogen-bond acceptors (Lipinski definition) is 3. The molecule has 1 amide bonds. The van der Waals surface area contributed by atoms with Crippen LogP contribution in [0.3, 0.4) is 0 Å². The molecule has 0 unspecified atom stereocenters. The molecule has 1 aromatic rings. The molecule has 1 heterocycles. The standard InChI is InChI=1S/C15H21N3O2/c19-15(14(17-20)13-7-3-1-4-8-13)16-9-12-18-10-5-2-6-11-18/h1,3-4,7-8,20H,2,5-6,9-12H2,(H,16,19)/p+1/b17-14+. The molecule has 1 aliphatic heterocycles. The van der Waals surface area contributed by atoms with Crippen LogP contribution in [0.1, 0.15) is 24.8 Å². The van der Waals surface area contributed by atoms with Crippen molar-refractivity contribution in [3.8, 4) is 0 Å². The van der Waals surface area contributed by atoms with Gasteiger partial charge in [-0.2, -0.15) is 0 Å². The Morgan fingerprint density at radius 3 is 2.55 bits per heavy atom. The summed E-state index contributed by atoms with van der Waals surface area (Å²) in [6, 6.07) is 8.99. The summed E-state index contributed by atoms with van der Waals surface area (Å²) in [5.41, 5.74) is 0.692. The van der Waals surface area contributed by atoms with E-state index in [4.69, 9.17) is 5.21 Å². The third-order valence-corrected chi connectivity index (χ3v) is 3.69. The Hall–Kier alpha value is -1.88. The maximum atomic E-state index is 12.0. The van der Waals surface area contributed by atoms with Crippen LogP contribution in [0.25, 0.3) is 0 Å². The number of likely N-dealkylation sites (tertiary alicyclic amines) is 1. The summed E-state index contributed by atoms with van der Waals surface area (Å²) in [5, 5.41) is 15.0. The Morgan fingerprint density at radius 2 is 1.90 bits per heavy atom. The lowest BCUT2D eigenvalue weighted by molar-refractivity contribution is -0.903. The lowest BCUT2D eigenvalue weighted by Gasteiger charge is -2.23. The SMILES string of the molecule is O=C(NCC[NH+]1CCCCC1)/C(=N/O)c1ccccc1. The largest absolute Gasteiger partial charge is 0.410 e. The van der Waals surface area contributed by atoms with Crippen molar-refractivity contribution >= 4 is 11.6 Å². The second-order valence-electron chi connectivity index (χ2n) is 5.13. The molecule has 20 heavy (non-hydrogen) atoms. The number of nitrogens with zero attached hydrogens (tertiary/aromatic N) is 1. The van der Waals surface area contributed by atoms with E-state index in [1.807, 2.05) is 18.2 Å². The lowest BCUT2D eigenvalue weighted by Crippen LogP contribution is -3.13. The summed E-state index contributed by atoms with van der Waals surface area (Å²) < 4.78 is 0. The van der Waals surface area contributed by atoms with Crippen molar-refractivity contribution < 1.29 is 14.9 Å². The van der Waals surface area contributed by atoms with E-state index >= 15 is 0 Å². The van der Waals surface area contributed by atoms with Gasteiger partial charge in [0.1, 0.15) is 0 Å². The second-order valence-corrected chi connectivity index (χ2v) is 5.13. The lowest BCUT2D eigenvalue weighted by atomic mass is 10.1. The van der Waals surface area contributed by atoms with Crippen molar-refractivity contribution in [1.82, 2.24) is 5.32 Å².